The topological polar surface area (TPSA) is 67.9 Å². The zero-order valence-electron chi connectivity index (χ0n) is 18.5. The van der Waals surface area contributed by atoms with Gasteiger partial charge in [0.1, 0.15) is 19.0 Å². The molecular formula is C25H29FN2O4. The summed E-state index contributed by atoms with van der Waals surface area (Å²) in [6.07, 6.45) is 1.41. The number of halogens is 1. The zero-order valence-corrected chi connectivity index (χ0v) is 18.5. The first-order chi connectivity index (χ1) is 15.4. The highest BCUT2D eigenvalue weighted by Crippen LogP contribution is 2.32. The SMILES string of the molecule is CC(NC(=O)C(C)N1CCC(C(=O)c2ccc3c(c2)OCCO3)CC1)c1ccc(F)cc1. The molecule has 2 unspecified atom stereocenters. The Kier molecular flexibility index (Phi) is 6.74. The highest BCUT2D eigenvalue weighted by atomic mass is 19.1. The maximum atomic E-state index is 13.1. The summed E-state index contributed by atoms with van der Waals surface area (Å²) in [4.78, 5) is 27.9. The highest BCUT2D eigenvalue weighted by molar-refractivity contribution is 5.98. The van der Waals surface area contributed by atoms with E-state index in [1.807, 2.05) is 13.8 Å². The van der Waals surface area contributed by atoms with E-state index < -0.39 is 0 Å². The molecule has 0 radical (unpaired) electrons. The smallest absolute Gasteiger partial charge is 0.237 e. The molecular weight excluding hydrogens is 411 g/mol. The van der Waals surface area contributed by atoms with Crippen molar-refractivity contribution in [3.8, 4) is 11.5 Å². The molecule has 2 aliphatic heterocycles. The number of carbonyl (C=O) groups excluding carboxylic acids is 2. The second-order valence-corrected chi connectivity index (χ2v) is 8.49. The van der Waals surface area contributed by atoms with Crippen LogP contribution >= 0.6 is 0 Å². The molecule has 0 aromatic heterocycles. The molecule has 2 aromatic rings. The molecule has 4 rings (SSSR count). The van der Waals surface area contributed by atoms with E-state index in [0.29, 0.717) is 56.2 Å². The molecule has 1 N–H and O–H groups in total. The fourth-order valence-corrected chi connectivity index (χ4v) is 4.32. The van der Waals surface area contributed by atoms with Gasteiger partial charge in [0, 0.05) is 11.5 Å². The molecule has 2 aliphatic rings. The molecule has 1 fully saturated rings. The third-order valence-corrected chi connectivity index (χ3v) is 6.38. The van der Waals surface area contributed by atoms with E-state index in [0.717, 1.165) is 5.56 Å². The Balaban J connectivity index is 1.30. The minimum absolute atomic E-state index is 0.0674. The average molecular weight is 441 g/mol. The fourth-order valence-electron chi connectivity index (χ4n) is 4.32. The molecule has 170 valence electrons. The lowest BCUT2D eigenvalue weighted by Gasteiger charge is -2.35. The Morgan fingerprint density at radius 2 is 1.66 bits per heavy atom. The van der Waals surface area contributed by atoms with Crippen molar-refractivity contribution in [2.45, 2.75) is 38.8 Å². The summed E-state index contributed by atoms with van der Waals surface area (Å²) in [7, 11) is 0. The molecule has 1 saturated heterocycles. The van der Waals surface area contributed by atoms with Crippen molar-refractivity contribution >= 4 is 11.7 Å². The van der Waals surface area contributed by atoms with Gasteiger partial charge < -0.3 is 14.8 Å². The van der Waals surface area contributed by atoms with Gasteiger partial charge in [-0.05, 0) is 75.7 Å². The van der Waals surface area contributed by atoms with Gasteiger partial charge in [-0.2, -0.15) is 0 Å². The molecule has 0 aliphatic carbocycles. The number of benzene rings is 2. The van der Waals surface area contributed by atoms with Crippen LogP contribution in [0.5, 0.6) is 11.5 Å². The van der Waals surface area contributed by atoms with Crippen molar-refractivity contribution in [1.82, 2.24) is 10.2 Å². The summed E-state index contributed by atoms with van der Waals surface area (Å²) < 4.78 is 24.3. The Morgan fingerprint density at radius 3 is 2.34 bits per heavy atom. The molecule has 2 atom stereocenters. The molecule has 6 nitrogen and oxygen atoms in total. The summed E-state index contributed by atoms with van der Waals surface area (Å²) in [5, 5.41) is 3.01. The summed E-state index contributed by atoms with van der Waals surface area (Å²) in [6.45, 7) is 6.14. The third kappa shape index (κ3) is 4.93. The lowest BCUT2D eigenvalue weighted by molar-refractivity contribution is -0.127. The van der Waals surface area contributed by atoms with E-state index >= 15 is 0 Å². The molecule has 7 heteroatoms. The number of ether oxygens (including phenoxy) is 2. The number of nitrogens with zero attached hydrogens (tertiary/aromatic N) is 1. The minimum Gasteiger partial charge on any atom is -0.486 e. The van der Waals surface area contributed by atoms with Crippen LogP contribution in [-0.2, 0) is 4.79 Å². The lowest BCUT2D eigenvalue weighted by Crippen LogP contribution is -2.49. The molecule has 32 heavy (non-hydrogen) atoms. The first-order valence-electron chi connectivity index (χ1n) is 11.2. The zero-order chi connectivity index (χ0) is 22.7. The van der Waals surface area contributed by atoms with Crippen molar-refractivity contribution in [1.29, 1.82) is 0 Å². The first-order valence-corrected chi connectivity index (χ1v) is 11.2. The van der Waals surface area contributed by atoms with Gasteiger partial charge in [0.05, 0.1) is 12.1 Å². The number of hydrogen-bond acceptors (Lipinski definition) is 5. The Labute approximate surface area is 187 Å². The van der Waals surface area contributed by atoms with Crippen LogP contribution in [0.2, 0.25) is 0 Å². The van der Waals surface area contributed by atoms with E-state index in [-0.39, 0.29) is 35.5 Å². The van der Waals surface area contributed by atoms with Crippen molar-refractivity contribution < 1.29 is 23.5 Å². The normalized spacial score (nSPS) is 18.6. The van der Waals surface area contributed by atoms with E-state index in [2.05, 4.69) is 10.2 Å². The van der Waals surface area contributed by atoms with E-state index in [1.165, 1.54) is 12.1 Å². The summed E-state index contributed by atoms with van der Waals surface area (Å²) in [5.74, 6) is 0.982. The maximum absolute atomic E-state index is 13.1. The first kappa shape index (κ1) is 22.3. The van der Waals surface area contributed by atoms with Crippen LogP contribution in [0.15, 0.2) is 42.5 Å². The van der Waals surface area contributed by atoms with Crippen molar-refractivity contribution in [2.24, 2.45) is 5.92 Å². The van der Waals surface area contributed by atoms with Crippen molar-refractivity contribution in [3.05, 3.63) is 59.4 Å². The second kappa shape index (κ2) is 9.69. The van der Waals surface area contributed by atoms with Crippen LogP contribution in [0.1, 0.15) is 48.7 Å². The van der Waals surface area contributed by atoms with Crippen molar-refractivity contribution in [3.63, 3.8) is 0 Å². The maximum Gasteiger partial charge on any atom is 0.237 e. The summed E-state index contributed by atoms with van der Waals surface area (Å²) in [5.41, 5.74) is 1.50. The van der Waals surface area contributed by atoms with Gasteiger partial charge in [-0.15, -0.1) is 0 Å². The predicted octanol–water partition coefficient (Wildman–Crippen LogP) is 3.76. The van der Waals surface area contributed by atoms with Gasteiger partial charge in [0.25, 0.3) is 0 Å². The molecule has 0 spiro atoms. The Hall–Kier alpha value is -2.93. The molecule has 0 saturated carbocycles. The quantitative estimate of drug-likeness (QED) is 0.693. The van der Waals surface area contributed by atoms with E-state index in [4.69, 9.17) is 9.47 Å². The number of nitrogens with one attached hydrogen (secondary N) is 1. The second-order valence-electron chi connectivity index (χ2n) is 8.49. The van der Waals surface area contributed by atoms with Crippen LogP contribution in [0.4, 0.5) is 4.39 Å². The lowest BCUT2D eigenvalue weighted by atomic mass is 9.88. The number of Topliss-reactive ketones (excluding diaryl/α,β-unsaturated/α-hetero) is 1. The predicted molar refractivity (Wildman–Crippen MR) is 118 cm³/mol. The van der Waals surface area contributed by atoms with Crippen LogP contribution in [0, 0.1) is 11.7 Å². The van der Waals surface area contributed by atoms with Gasteiger partial charge in [-0.25, -0.2) is 4.39 Å². The number of hydrogen-bond donors (Lipinski definition) is 1. The van der Waals surface area contributed by atoms with Crippen LogP contribution < -0.4 is 14.8 Å². The largest absolute Gasteiger partial charge is 0.486 e. The summed E-state index contributed by atoms with van der Waals surface area (Å²) in [6, 6.07) is 11.0. The van der Waals surface area contributed by atoms with E-state index in [9.17, 15) is 14.0 Å². The third-order valence-electron chi connectivity index (χ3n) is 6.38. The standard InChI is InChI=1S/C25H29FN2O4/c1-16(18-3-6-21(26)7-4-18)27-25(30)17(2)28-11-9-19(10-12-28)24(29)20-5-8-22-23(15-20)32-14-13-31-22/h3-8,15-17,19H,9-14H2,1-2H3,(H,27,30). The van der Waals surface area contributed by atoms with E-state index in [1.54, 1.807) is 30.3 Å². The average Bonchev–Trinajstić information content (AvgIpc) is 2.83. The van der Waals surface area contributed by atoms with Crippen LogP contribution in [0.3, 0.4) is 0 Å². The monoisotopic (exact) mass is 440 g/mol. The fraction of sp³-hybridized carbons (Fsp3) is 0.440. The van der Waals surface area contributed by atoms with Gasteiger partial charge in [0.15, 0.2) is 17.3 Å². The molecule has 1 amide bonds. The minimum atomic E-state index is -0.303. The van der Waals surface area contributed by atoms with Gasteiger partial charge in [-0.1, -0.05) is 12.1 Å². The molecule has 2 aromatic carbocycles. The van der Waals surface area contributed by atoms with Gasteiger partial charge in [-0.3, -0.25) is 14.5 Å². The number of likely N-dealkylation sites (tertiary alicyclic amines) is 1. The summed E-state index contributed by atoms with van der Waals surface area (Å²) >= 11 is 0. The molecule has 0 bridgehead atoms. The molecule has 2 heterocycles. The number of carbonyl (C=O) groups is 2. The van der Waals surface area contributed by atoms with Gasteiger partial charge >= 0.3 is 0 Å². The highest BCUT2D eigenvalue weighted by Gasteiger charge is 2.31. The Bertz CT molecular complexity index is 970. The Morgan fingerprint density at radius 1 is 1.00 bits per heavy atom. The van der Waals surface area contributed by atoms with Crippen LogP contribution in [-0.4, -0.2) is 48.9 Å². The number of ketones is 1. The number of piperidine rings is 1. The van der Waals surface area contributed by atoms with Crippen LogP contribution in [0.25, 0.3) is 0 Å². The number of rotatable bonds is 6. The number of fused-ring (bicyclic) bond motifs is 1. The number of amides is 1. The van der Waals surface area contributed by atoms with Crippen molar-refractivity contribution in [2.75, 3.05) is 26.3 Å². The van der Waals surface area contributed by atoms with Gasteiger partial charge in [0.2, 0.25) is 5.91 Å².